The zero-order chi connectivity index (χ0) is 20.4. The summed E-state index contributed by atoms with van der Waals surface area (Å²) in [7, 11) is 1.57. The maximum Gasteiger partial charge on any atom is 0.268 e. The number of aromatic amines is 1. The Bertz CT molecular complexity index is 1230. The second kappa shape index (κ2) is 7.93. The van der Waals surface area contributed by atoms with E-state index in [1.165, 1.54) is 11.3 Å². The lowest BCUT2D eigenvalue weighted by Crippen LogP contribution is -2.32. The van der Waals surface area contributed by atoms with Gasteiger partial charge in [0.25, 0.3) is 11.5 Å². The fourth-order valence-electron chi connectivity index (χ4n) is 3.31. The monoisotopic (exact) mass is 404 g/mol. The zero-order valence-corrected chi connectivity index (χ0v) is 17.0. The average molecular weight is 404 g/mol. The lowest BCUT2D eigenvalue weighted by atomic mass is 10.1. The van der Waals surface area contributed by atoms with Crippen molar-refractivity contribution < 1.29 is 9.53 Å². The van der Waals surface area contributed by atoms with Gasteiger partial charge in [0, 0.05) is 11.1 Å². The number of carbonyl (C=O) groups is 1. The predicted octanol–water partition coefficient (Wildman–Crippen LogP) is 4.75. The van der Waals surface area contributed by atoms with Crippen molar-refractivity contribution in [2.75, 3.05) is 12.0 Å². The molecule has 2 aromatic carbocycles. The molecule has 5 nitrogen and oxygen atoms in total. The van der Waals surface area contributed by atoms with Gasteiger partial charge in [-0.1, -0.05) is 29.8 Å². The molecule has 29 heavy (non-hydrogen) atoms. The number of methoxy groups -OCH3 is 1. The van der Waals surface area contributed by atoms with Crippen molar-refractivity contribution in [2.45, 2.75) is 13.5 Å². The number of anilines is 1. The summed E-state index contributed by atoms with van der Waals surface area (Å²) in [6.45, 7) is 2.14. The van der Waals surface area contributed by atoms with E-state index in [2.05, 4.69) is 4.98 Å². The molecule has 0 radical (unpaired) electrons. The quantitative estimate of drug-likeness (QED) is 0.522. The molecule has 6 heteroatoms. The highest BCUT2D eigenvalue weighted by molar-refractivity contribution is 7.12. The van der Waals surface area contributed by atoms with Gasteiger partial charge in [-0.3, -0.25) is 14.5 Å². The van der Waals surface area contributed by atoms with Crippen molar-refractivity contribution >= 4 is 33.8 Å². The van der Waals surface area contributed by atoms with Crippen LogP contribution in [-0.4, -0.2) is 18.0 Å². The molecule has 2 heterocycles. The Balaban J connectivity index is 1.82. The molecule has 0 atom stereocenters. The van der Waals surface area contributed by atoms with Crippen molar-refractivity contribution in [3.63, 3.8) is 0 Å². The Labute approximate surface area is 172 Å². The third-order valence-electron chi connectivity index (χ3n) is 4.76. The Morgan fingerprint density at radius 3 is 2.69 bits per heavy atom. The van der Waals surface area contributed by atoms with Crippen molar-refractivity contribution in [3.8, 4) is 5.75 Å². The number of aryl methyl sites for hydroxylation is 1. The van der Waals surface area contributed by atoms with Crippen molar-refractivity contribution in [3.05, 3.63) is 92.4 Å². The maximum atomic E-state index is 13.3. The van der Waals surface area contributed by atoms with Crippen LogP contribution in [0, 0.1) is 6.92 Å². The van der Waals surface area contributed by atoms with Gasteiger partial charge in [0.15, 0.2) is 0 Å². The predicted molar refractivity (Wildman–Crippen MR) is 117 cm³/mol. The first-order chi connectivity index (χ1) is 14.1. The van der Waals surface area contributed by atoms with Crippen LogP contribution in [0.4, 0.5) is 5.69 Å². The van der Waals surface area contributed by atoms with E-state index in [1.54, 1.807) is 24.1 Å². The summed E-state index contributed by atoms with van der Waals surface area (Å²) in [5, 5.41) is 2.79. The number of thiophene rings is 1. The molecule has 0 aliphatic heterocycles. The number of hydrogen-bond acceptors (Lipinski definition) is 4. The molecule has 0 aliphatic carbocycles. The van der Waals surface area contributed by atoms with Crippen LogP contribution in [0.25, 0.3) is 10.9 Å². The van der Waals surface area contributed by atoms with Crippen molar-refractivity contribution in [1.82, 2.24) is 4.98 Å². The standard InChI is InChI=1S/C23H20N2O3S/c1-15-9-10-18-16(12-15)13-17(22(26)24-18)14-25(23(27)21-8-5-11-29-21)19-6-3-4-7-20(19)28-2/h3-13H,14H2,1-2H3,(H,24,26). The molecule has 1 amide bonds. The highest BCUT2D eigenvalue weighted by atomic mass is 32.1. The smallest absolute Gasteiger partial charge is 0.268 e. The molecular weight excluding hydrogens is 384 g/mol. The van der Waals surface area contributed by atoms with Crippen LogP contribution in [0.5, 0.6) is 5.75 Å². The largest absolute Gasteiger partial charge is 0.495 e. The van der Waals surface area contributed by atoms with E-state index in [1.807, 2.05) is 60.8 Å². The number of pyridine rings is 1. The number of para-hydroxylation sites is 2. The zero-order valence-electron chi connectivity index (χ0n) is 16.1. The lowest BCUT2D eigenvalue weighted by molar-refractivity contribution is 0.0988. The molecule has 2 aromatic heterocycles. The van der Waals surface area contributed by atoms with E-state index in [4.69, 9.17) is 4.74 Å². The molecular formula is C23H20N2O3S. The lowest BCUT2D eigenvalue weighted by Gasteiger charge is -2.24. The molecule has 0 saturated carbocycles. The van der Waals surface area contributed by atoms with Gasteiger partial charge in [-0.2, -0.15) is 0 Å². The Hall–Kier alpha value is -3.38. The Morgan fingerprint density at radius 2 is 1.93 bits per heavy atom. The van der Waals surface area contributed by atoms with Crippen LogP contribution in [0.1, 0.15) is 20.8 Å². The van der Waals surface area contributed by atoms with Crippen molar-refractivity contribution in [1.29, 1.82) is 0 Å². The van der Waals surface area contributed by atoms with Gasteiger partial charge in [-0.25, -0.2) is 0 Å². The van der Waals surface area contributed by atoms with Crippen molar-refractivity contribution in [2.24, 2.45) is 0 Å². The van der Waals surface area contributed by atoms with Gasteiger partial charge in [0.05, 0.1) is 24.2 Å². The average Bonchev–Trinajstić information content (AvgIpc) is 3.27. The van der Waals surface area contributed by atoms with E-state index in [0.29, 0.717) is 21.9 Å². The van der Waals surface area contributed by atoms with Gasteiger partial charge in [-0.05, 0) is 54.1 Å². The molecule has 1 N–H and O–H groups in total. The molecule has 0 saturated heterocycles. The van der Waals surface area contributed by atoms with Crippen LogP contribution in [0.3, 0.4) is 0 Å². The summed E-state index contributed by atoms with van der Waals surface area (Å²) < 4.78 is 5.47. The summed E-state index contributed by atoms with van der Waals surface area (Å²) in [5.74, 6) is 0.402. The molecule has 0 aliphatic rings. The Kier molecular flexibility index (Phi) is 5.18. The number of nitrogens with one attached hydrogen (secondary N) is 1. The van der Waals surface area contributed by atoms with Crippen LogP contribution >= 0.6 is 11.3 Å². The fourth-order valence-corrected chi connectivity index (χ4v) is 3.98. The van der Waals surface area contributed by atoms with Crippen LogP contribution in [0.2, 0.25) is 0 Å². The summed E-state index contributed by atoms with van der Waals surface area (Å²) in [6, 6.07) is 18.7. The molecule has 146 valence electrons. The molecule has 4 rings (SSSR count). The minimum atomic E-state index is -0.208. The van der Waals surface area contributed by atoms with Gasteiger partial charge >= 0.3 is 0 Å². The number of benzene rings is 2. The minimum absolute atomic E-state index is 0.135. The van der Waals surface area contributed by atoms with E-state index in [-0.39, 0.29) is 18.0 Å². The van der Waals surface area contributed by atoms with Gasteiger partial charge in [0.2, 0.25) is 0 Å². The van der Waals surface area contributed by atoms with Gasteiger partial charge in [-0.15, -0.1) is 11.3 Å². The van der Waals surface area contributed by atoms with Crippen LogP contribution in [0.15, 0.2) is 70.8 Å². The van der Waals surface area contributed by atoms with Crippen LogP contribution in [-0.2, 0) is 6.54 Å². The number of rotatable bonds is 5. The third kappa shape index (κ3) is 3.79. The highest BCUT2D eigenvalue weighted by Gasteiger charge is 2.23. The highest BCUT2D eigenvalue weighted by Crippen LogP contribution is 2.31. The molecule has 0 spiro atoms. The number of fused-ring (bicyclic) bond motifs is 1. The summed E-state index contributed by atoms with van der Waals surface area (Å²) in [4.78, 5) is 31.1. The first kappa shape index (κ1) is 19.0. The van der Waals surface area contributed by atoms with E-state index >= 15 is 0 Å². The first-order valence-corrected chi connectivity index (χ1v) is 10.1. The molecule has 0 unspecified atom stereocenters. The second-order valence-electron chi connectivity index (χ2n) is 6.75. The van der Waals surface area contributed by atoms with Crippen LogP contribution < -0.4 is 15.2 Å². The first-order valence-electron chi connectivity index (χ1n) is 9.18. The normalized spacial score (nSPS) is 10.8. The fraction of sp³-hybridized carbons (Fsp3) is 0.130. The van der Waals surface area contributed by atoms with E-state index < -0.39 is 0 Å². The summed E-state index contributed by atoms with van der Waals surface area (Å²) in [5.41, 5.74) is 2.81. The Morgan fingerprint density at radius 1 is 1.10 bits per heavy atom. The molecule has 0 fully saturated rings. The molecule has 4 aromatic rings. The summed E-state index contributed by atoms with van der Waals surface area (Å²) in [6.07, 6.45) is 0. The molecule has 0 bridgehead atoms. The number of nitrogens with zero attached hydrogens (tertiary/aromatic N) is 1. The maximum absolute atomic E-state index is 13.3. The van der Waals surface area contributed by atoms with Gasteiger partial charge < -0.3 is 9.72 Å². The SMILES string of the molecule is COc1ccccc1N(Cc1cc2cc(C)ccc2[nH]c1=O)C(=O)c1cccs1. The topological polar surface area (TPSA) is 62.4 Å². The number of H-pyrrole nitrogens is 1. The number of amides is 1. The number of aromatic nitrogens is 1. The second-order valence-corrected chi connectivity index (χ2v) is 7.70. The number of ether oxygens (including phenoxy) is 1. The third-order valence-corrected chi connectivity index (χ3v) is 5.62. The van der Waals surface area contributed by atoms with Gasteiger partial charge in [0.1, 0.15) is 5.75 Å². The minimum Gasteiger partial charge on any atom is -0.495 e. The number of hydrogen-bond donors (Lipinski definition) is 1. The number of carbonyl (C=O) groups excluding carboxylic acids is 1. The van der Waals surface area contributed by atoms with E-state index in [0.717, 1.165) is 16.5 Å². The summed E-state index contributed by atoms with van der Waals surface area (Å²) >= 11 is 1.37. The van der Waals surface area contributed by atoms with E-state index in [9.17, 15) is 9.59 Å².